The smallest absolute Gasteiger partial charge is 0.289 e. The molecule has 1 heterocycles. The molecule has 1 aliphatic heterocycles. The zero-order valence-corrected chi connectivity index (χ0v) is 16.4. The maximum absolute atomic E-state index is 12.9. The van der Waals surface area contributed by atoms with Crippen molar-refractivity contribution in [2.24, 2.45) is 4.99 Å². The molecule has 27 heavy (non-hydrogen) atoms. The first-order chi connectivity index (χ1) is 13.3. The summed E-state index contributed by atoms with van der Waals surface area (Å²) in [5, 5.41) is 2.27. The normalized spacial score (nSPS) is 15.3. The van der Waals surface area contributed by atoms with Crippen LogP contribution >= 0.6 is 11.8 Å². The number of carbonyl (C=O) groups excluding carboxylic acids is 1. The average molecular weight is 380 g/mol. The van der Waals surface area contributed by atoms with Crippen molar-refractivity contribution < 1.29 is 4.79 Å². The van der Waals surface area contributed by atoms with Gasteiger partial charge >= 0.3 is 0 Å². The van der Waals surface area contributed by atoms with E-state index in [2.05, 4.69) is 17.3 Å². The molecular formula is C22H25N3OS. The Bertz CT molecular complexity index is 803. The van der Waals surface area contributed by atoms with Crippen molar-refractivity contribution in [3.8, 4) is 0 Å². The van der Waals surface area contributed by atoms with Crippen LogP contribution in [-0.2, 0) is 4.79 Å². The highest BCUT2D eigenvalue weighted by Gasteiger charge is 2.30. The van der Waals surface area contributed by atoms with Crippen molar-refractivity contribution >= 4 is 34.6 Å². The molecule has 0 spiro atoms. The van der Waals surface area contributed by atoms with Gasteiger partial charge in [0.1, 0.15) is 5.70 Å². The van der Waals surface area contributed by atoms with Crippen LogP contribution in [0.4, 0.5) is 5.69 Å². The van der Waals surface area contributed by atoms with E-state index in [-0.39, 0.29) is 5.91 Å². The molecule has 0 aliphatic carbocycles. The number of hydrogen-bond donors (Lipinski definition) is 1. The van der Waals surface area contributed by atoms with Gasteiger partial charge in [-0.2, -0.15) is 5.01 Å². The second-order valence-electron chi connectivity index (χ2n) is 6.36. The van der Waals surface area contributed by atoms with Crippen LogP contribution < -0.4 is 5.43 Å². The number of para-hydroxylation sites is 1. The molecule has 0 unspecified atom stereocenters. The lowest BCUT2D eigenvalue weighted by Crippen LogP contribution is -2.36. The number of carbonyl (C=O) groups is 1. The molecule has 0 saturated heterocycles. The Morgan fingerprint density at radius 2 is 1.70 bits per heavy atom. The third-order valence-corrected chi connectivity index (χ3v) is 5.20. The molecule has 1 amide bonds. The number of unbranched alkanes of at least 4 members (excludes halogenated alkanes) is 3. The monoisotopic (exact) mass is 379 g/mol. The number of rotatable bonds is 8. The minimum absolute atomic E-state index is 0.126. The number of benzene rings is 2. The molecule has 1 N–H and O–H groups in total. The Balaban J connectivity index is 1.76. The predicted molar refractivity (Wildman–Crippen MR) is 115 cm³/mol. The Morgan fingerprint density at radius 1 is 1.00 bits per heavy atom. The third-order valence-electron chi connectivity index (χ3n) is 4.18. The molecule has 2 aromatic carbocycles. The van der Waals surface area contributed by atoms with Gasteiger partial charge in [-0.1, -0.05) is 86.5 Å². The lowest BCUT2D eigenvalue weighted by Gasteiger charge is -2.19. The fourth-order valence-electron chi connectivity index (χ4n) is 2.73. The van der Waals surface area contributed by atoms with Crippen molar-refractivity contribution in [3.63, 3.8) is 0 Å². The summed E-state index contributed by atoms with van der Waals surface area (Å²) in [5.41, 5.74) is 5.50. The zero-order valence-electron chi connectivity index (χ0n) is 15.6. The molecule has 0 aromatic heterocycles. The number of hydrogen-bond acceptors (Lipinski definition) is 4. The molecule has 0 atom stereocenters. The highest BCUT2D eigenvalue weighted by Crippen LogP contribution is 2.25. The highest BCUT2D eigenvalue weighted by atomic mass is 32.2. The summed E-state index contributed by atoms with van der Waals surface area (Å²) in [5.74, 6) is 0.830. The average Bonchev–Trinajstić information content (AvgIpc) is 2.98. The van der Waals surface area contributed by atoms with Crippen LogP contribution in [0, 0.1) is 0 Å². The summed E-state index contributed by atoms with van der Waals surface area (Å²) < 4.78 is 0. The molecule has 3 rings (SSSR count). The Kier molecular flexibility index (Phi) is 7.11. The van der Waals surface area contributed by atoms with Crippen LogP contribution in [-0.4, -0.2) is 21.8 Å². The zero-order chi connectivity index (χ0) is 18.9. The summed E-state index contributed by atoms with van der Waals surface area (Å²) in [7, 11) is 0. The van der Waals surface area contributed by atoms with E-state index in [1.165, 1.54) is 19.3 Å². The Morgan fingerprint density at radius 3 is 2.41 bits per heavy atom. The fourth-order valence-corrected chi connectivity index (χ4v) is 3.68. The van der Waals surface area contributed by atoms with E-state index in [4.69, 9.17) is 0 Å². The lowest BCUT2D eigenvalue weighted by molar-refractivity contribution is -0.121. The minimum Gasteiger partial charge on any atom is -0.289 e. The van der Waals surface area contributed by atoms with Gasteiger partial charge < -0.3 is 0 Å². The van der Waals surface area contributed by atoms with E-state index < -0.39 is 0 Å². The summed E-state index contributed by atoms with van der Waals surface area (Å²) in [6, 6.07) is 19.5. The summed E-state index contributed by atoms with van der Waals surface area (Å²) >= 11 is 1.63. The quantitative estimate of drug-likeness (QED) is 0.482. The first-order valence-electron chi connectivity index (χ1n) is 9.42. The Labute approximate surface area is 165 Å². The maximum atomic E-state index is 12.9. The number of amidine groups is 1. The largest absolute Gasteiger partial charge is 0.297 e. The number of nitrogens with zero attached hydrogens (tertiary/aromatic N) is 2. The number of thioether (sulfide) groups is 1. The summed E-state index contributed by atoms with van der Waals surface area (Å²) in [4.78, 5) is 17.5. The second-order valence-corrected chi connectivity index (χ2v) is 7.42. The summed E-state index contributed by atoms with van der Waals surface area (Å²) in [6.07, 6.45) is 6.64. The fraction of sp³-hybridized carbons (Fsp3) is 0.273. The van der Waals surface area contributed by atoms with E-state index in [1.54, 1.807) is 16.8 Å². The van der Waals surface area contributed by atoms with Crippen LogP contribution in [0.15, 0.2) is 71.4 Å². The molecule has 0 radical (unpaired) electrons. The van der Waals surface area contributed by atoms with Gasteiger partial charge in [0.2, 0.25) is 0 Å². The van der Waals surface area contributed by atoms with Crippen LogP contribution in [0.25, 0.3) is 6.08 Å². The number of aliphatic imine (C=N–C) groups is 1. The van der Waals surface area contributed by atoms with Crippen LogP contribution in [0.2, 0.25) is 0 Å². The SMILES string of the molecule is CCCCCCSC1=N/C(=C\c2ccccc2)C(=O)N1Nc1ccccc1. The molecule has 0 bridgehead atoms. The van der Waals surface area contributed by atoms with Crippen molar-refractivity contribution in [1.82, 2.24) is 5.01 Å². The van der Waals surface area contributed by atoms with Crippen molar-refractivity contribution in [3.05, 3.63) is 71.9 Å². The molecule has 2 aromatic rings. The standard InChI is InChI=1S/C22H25N3OS/c1-2-3-4-11-16-27-22-23-20(17-18-12-7-5-8-13-18)21(26)25(22)24-19-14-9-6-10-15-19/h5-10,12-15,17,24H,2-4,11,16H2,1H3/b20-17-. The molecule has 5 heteroatoms. The van der Waals surface area contributed by atoms with E-state index in [0.29, 0.717) is 10.9 Å². The molecule has 1 aliphatic rings. The van der Waals surface area contributed by atoms with Crippen molar-refractivity contribution in [2.45, 2.75) is 32.6 Å². The van der Waals surface area contributed by atoms with Gasteiger partial charge in [-0.15, -0.1) is 0 Å². The number of hydrazine groups is 1. The molecule has 4 nitrogen and oxygen atoms in total. The number of anilines is 1. The second kappa shape index (κ2) is 9.97. The van der Waals surface area contributed by atoms with Crippen molar-refractivity contribution in [1.29, 1.82) is 0 Å². The van der Waals surface area contributed by atoms with Gasteiger partial charge in [0.15, 0.2) is 5.17 Å². The van der Waals surface area contributed by atoms with E-state index in [9.17, 15) is 4.79 Å². The summed E-state index contributed by atoms with van der Waals surface area (Å²) in [6.45, 7) is 2.21. The highest BCUT2D eigenvalue weighted by molar-refractivity contribution is 8.13. The Hall–Kier alpha value is -2.53. The first kappa shape index (κ1) is 19.2. The molecule has 0 fully saturated rings. The van der Waals surface area contributed by atoms with Gasteiger partial charge in [0.05, 0.1) is 5.69 Å². The topological polar surface area (TPSA) is 44.7 Å². The first-order valence-corrected chi connectivity index (χ1v) is 10.4. The molecule has 0 saturated carbocycles. The molecular weight excluding hydrogens is 354 g/mol. The number of amides is 1. The van der Waals surface area contributed by atoms with Gasteiger partial charge in [-0.05, 0) is 30.2 Å². The van der Waals surface area contributed by atoms with Crippen molar-refractivity contribution in [2.75, 3.05) is 11.2 Å². The minimum atomic E-state index is -0.126. The van der Waals surface area contributed by atoms with E-state index in [1.807, 2.05) is 66.7 Å². The predicted octanol–water partition coefficient (Wildman–Crippen LogP) is 5.57. The van der Waals surface area contributed by atoms with E-state index in [0.717, 1.165) is 23.4 Å². The van der Waals surface area contributed by atoms with Gasteiger partial charge in [-0.25, -0.2) is 4.99 Å². The van der Waals surface area contributed by atoms with Gasteiger partial charge in [-0.3, -0.25) is 10.2 Å². The van der Waals surface area contributed by atoms with Gasteiger partial charge in [0, 0.05) is 5.75 Å². The third kappa shape index (κ3) is 5.47. The molecule has 140 valence electrons. The van der Waals surface area contributed by atoms with Gasteiger partial charge in [0.25, 0.3) is 5.91 Å². The van der Waals surface area contributed by atoms with Crippen LogP contribution in [0.3, 0.4) is 0 Å². The van der Waals surface area contributed by atoms with E-state index >= 15 is 0 Å². The number of nitrogens with one attached hydrogen (secondary N) is 1. The lowest BCUT2D eigenvalue weighted by atomic mass is 10.2. The van der Waals surface area contributed by atoms with Crippen LogP contribution in [0.5, 0.6) is 0 Å². The van der Waals surface area contributed by atoms with Crippen LogP contribution in [0.1, 0.15) is 38.2 Å². The maximum Gasteiger partial charge on any atom is 0.297 e.